The number of esters is 1. The van der Waals surface area contributed by atoms with Crippen molar-refractivity contribution in [1.29, 1.82) is 0 Å². The van der Waals surface area contributed by atoms with Crippen molar-refractivity contribution < 1.29 is 27.5 Å². The number of thiophene rings is 1. The summed E-state index contributed by atoms with van der Waals surface area (Å²) in [6.45, 7) is 4.00. The summed E-state index contributed by atoms with van der Waals surface area (Å²) in [5, 5.41) is 0. The summed E-state index contributed by atoms with van der Waals surface area (Å²) in [6, 6.07) is 7.84. The number of ether oxygens (including phenoxy) is 2. The second-order valence-electron chi connectivity index (χ2n) is 6.58. The molecule has 0 amide bonds. The number of carbonyl (C=O) groups is 2. The van der Waals surface area contributed by atoms with E-state index >= 15 is 0 Å². The SMILES string of the molecule is Cc1cc(C(=O)CCC(=O)OCCOc2ccc(S(=O)(=O)N(C)C)cc2)c(C)s1. The molecule has 7 nitrogen and oxygen atoms in total. The molecule has 1 aromatic heterocycles. The molecule has 0 aliphatic rings. The van der Waals surface area contributed by atoms with Gasteiger partial charge in [-0.05, 0) is 44.2 Å². The number of hydrogen-bond acceptors (Lipinski definition) is 7. The zero-order valence-electron chi connectivity index (χ0n) is 16.9. The fraction of sp³-hybridized carbons (Fsp3) is 0.400. The minimum absolute atomic E-state index is 0.0181. The van der Waals surface area contributed by atoms with E-state index in [0.717, 1.165) is 14.1 Å². The van der Waals surface area contributed by atoms with E-state index in [4.69, 9.17) is 9.47 Å². The molecule has 158 valence electrons. The van der Waals surface area contributed by atoms with Crippen molar-refractivity contribution in [2.24, 2.45) is 0 Å². The van der Waals surface area contributed by atoms with E-state index in [1.165, 1.54) is 26.2 Å². The first-order valence-electron chi connectivity index (χ1n) is 9.02. The van der Waals surface area contributed by atoms with Crippen LogP contribution in [0.5, 0.6) is 5.75 Å². The average Bonchev–Trinajstić information content (AvgIpc) is 3.01. The van der Waals surface area contributed by atoms with Gasteiger partial charge in [-0.25, -0.2) is 12.7 Å². The maximum atomic E-state index is 12.2. The van der Waals surface area contributed by atoms with Gasteiger partial charge in [0.05, 0.1) is 11.3 Å². The largest absolute Gasteiger partial charge is 0.490 e. The number of sulfonamides is 1. The molecule has 1 heterocycles. The minimum atomic E-state index is -3.48. The number of ketones is 1. The van der Waals surface area contributed by atoms with Crippen LogP contribution >= 0.6 is 11.3 Å². The first-order chi connectivity index (χ1) is 13.6. The number of nitrogens with zero attached hydrogens (tertiary/aromatic N) is 1. The highest BCUT2D eigenvalue weighted by Crippen LogP contribution is 2.22. The maximum Gasteiger partial charge on any atom is 0.306 e. The lowest BCUT2D eigenvalue weighted by atomic mass is 10.1. The number of benzene rings is 1. The summed E-state index contributed by atoms with van der Waals surface area (Å²) in [4.78, 5) is 26.2. The van der Waals surface area contributed by atoms with E-state index in [-0.39, 0.29) is 36.7 Å². The van der Waals surface area contributed by atoms with Gasteiger partial charge in [-0.3, -0.25) is 9.59 Å². The molecule has 29 heavy (non-hydrogen) atoms. The molecule has 0 atom stereocenters. The summed E-state index contributed by atoms with van der Waals surface area (Å²) in [6.07, 6.45) is 0.128. The standard InChI is InChI=1S/C20H25NO6S2/c1-14-13-18(15(2)28-14)19(22)9-10-20(23)27-12-11-26-16-5-7-17(8-6-16)29(24,25)21(3)4/h5-8,13H,9-12H2,1-4H3. The van der Waals surface area contributed by atoms with E-state index in [0.29, 0.717) is 11.3 Å². The second-order valence-corrected chi connectivity index (χ2v) is 10.2. The van der Waals surface area contributed by atoms with E-state index in [1.807, 2.05) is 19.9 Å². The predicted octanol–water partition coefficient (Wildman–Crippen LogP) is 3.20. The minimum Gasteiger partial charge on any atom is -0.490 e. The molecular formula is C20H25NO6S2. The zero-order chi connectivity index (χ0) is 21.6. The van der Waals surface area contributed by atoms with E-state index in [9.17, 15) is 18.0 Å². The van der Waals surface area contributed by atoms with Crippen LogP contribution in [-0.2, 0) is 19.6 Å². The lowest BCUT2D eigenvalue weighted by Gasteiger charge is -2.12. The molecule has 0 bridgehead atoms. The van der Waals surface area contributed by atoms with E-state index in [2.05, 4.69) is 0 Å². The van der Waals surface area contributed by atoms with Gasteiger partial charge in [0.1, 0.15) is 19.0 Å². The third kappa shape index (κ3) is 6.38. The van der Waals surface area contributed by atoms with Gasteiger partial charge < -0.3 is 9.47 Å². The lowest BCUT2D eigenvalue weighted by Crippen LogP contribution is -2.22. The molecule has 0 aliphatic heterocycles. The third-order valence-electron chi connectivity index (χ3n) is 4.11. The molecule has 0 saturated heterocycles. The van der Waals surface area contributed by atoms with Crippen molar-refractivity contribution in [1.82, 2.24) is 4.31 Å². The highest BCUT2D eigenvalue weighted by Gasteiger charge is 2.17. The molecule has 2 aromatic rings. The first-order valence-corrected chi connectivity index (χ1v) is 11.3. The smallest absolute Gasteiger partial charge is 0.306 e. The molecule has 0 spiro atoms. The number of carbonyl (C=O) groups excluding carboxylic acids is 2. The van der Waals surface area contributed by atoms with Crippen molar-refractivity contribution in [2.45, 2.75) is 31.6 Å². The topological polar surface area (TPSA) is 90.0 Å². The normalized spacial score (nSPS) is 11.5. The van der Waals surface area contributed by atoms with Crippen molar-refractivity contribution in [3.8, 4) is 5.75 Å². The van der Waals surface area contributed by atoms with Gasteiger partial charge in [0.15, 0.2) is 5.78 Å². The summed E-state index contributed by atoms with van der Waals surface area (Å²) in [5.41, 5.74) is 0.670. The lowest BCUT2D eigenvalue weighted by molar-refractivity contribution is -0.144. The fourth-order valence-corrected chi connectivity index (χ4v) is 4.41. The highest BCUT2D eigenvalue weighted by molar-refractivity contribution is 7.89. The number of hydrogen-bond donors (Lipinski definition) is 0. The Morgan fingerprint density at radius 2 is 1.69 bits per heavy atom. The number of aryl methyl sites for hydroxylation is 2. The van der Waals surface area contributed by atoms with Gasteiger partial charge >= 0.3 is 5.97 Å². The molecule has 9 heteroatoms. The van der Waals surface area contributed by atoms with Crippen LogP contribution in [-0.4, -0.2) is 51.8 Å². The van der Waals surface area contributed by atoms with Gasteiger partial charge in [-0.2, -0.15) is 0 Å². The van der Waals surface area contributed by atoms with Crippen LogP contribution in [0, 0.1) is 13.8 Å². The highest BCUT2D eigenvalue weighted by atomic mass is 32.2. The second kappa shape index (κ2) is 10.00. The average molecular weight is 440 g/mol. The number of Topliss-reactive ketones (excluding diaryl/α,β-unsaturated/α-hetero) is 1. The molecule has 1 aromatic carbocycles. The third-order valence-corrected chi connectivity index (χ3v) is 6.91. The first kappa shape index (κ1) is 23.1. The Balaban J connectivity index is 1.71. The summed E-state index contributed by atoms with van der Waals surface area (Å²) < 4.78 is 35.7. The summed E-state index contributed by atoms with van der Waals surface area (Å²) in [7, 11) is -0.558. The Kier molecular flexibility index (Phi) is 7.95. The molecule has 0 fully saturated rings. The fourth-order valence-electron chi connectivity index (χ4n) is 2.56. The molecule has 0 N–H and O–H groups in total. The quantitative estimate of drug-likeness (QED) is 0.321. The van der Waals surface area contributed by atoms with Crippen LogP contribution in [0.2, 0.25) is 0 Å². The molecule has 2 rings (SSSR count). The Morgan fingerprint density at radius 3 is 2.24 bits per heavy atom. The molecule has 0 radical (unpaired) electrons. The monoisotopic (exact) mass is 439 g/mol. The zero-order valence-corrected chi connectivity index (χ0v) is 18.6. The van der Waals surface area contributed by atoms with E-state index < -0.39 is 16.0 Å². The van der Waals surface area contributed by atoms with Crippen LogP contribution in [0.25, 0.3) is 0 Å². The summed E-state index contributed by atoms with van der Waals surface area (Å²) >= 11 is 1.56. The maximum absolute atomic E-state index is 12.2. The Labute approximate surface area is 175 Å². The van der Waals surface area contributed by atoms with Crippen LogP contribution < -0.4 is 4.74 Å². The Hall–Kier alpha value is -2.23. The predicted molar refractivity (Wildman–Crippen MR) is 111 cm³/mol. The molecule has 0 aliphatic carbocycles. The van der Waals surface area contributed by atoms with Gasteiger partial charge in [0.2, 0.25) is 10.0 Å². The Morgan fingerprint density at radius 1 is 1.03 bits per heavy atom. The van der Waals surface area contributed by atoms with Crippen LogP contribution in [0.15, 0.2) is 35.2 Å². The van der Waals surface area contributed by atoms with Gasteiger partial charge in [-0.1, -0.05) is 0 Å². The molecule has 0 unspecified atom stereocenters. The van der Waals surface area contributed by atoms with Gasteiger partial charge in [0.25, 0.3) is 0 Å². The van der Waals surface area contributed by atoms with Crippen LogP contribution in [0.3, 0.4) is 0 Å². The Bertz CT molecular complexity index is 961. The van der Waals surface area contributed by atoms with Crippen molar-refractivity contribution in [2.75, 3.05) is 27.3 Å². The van der Waals surface area contributed by atoms with Crippen LogP contribution in [0.1, 0.15) is 33.0 Å². The molecular weight excluding hydrogens is 414 g/mol. The van der Waals surface area contributed by atoms with Crippen LogP contribution in [0.4, 0.5) is 0 Å². The van der Waals surface area contributed by atoms with Gasteiger partial charge in [-0.15, -0.1) is 11.3 Å². The van der Waals surface area contributed by atoms with Crippen molar-refractivity contribution in [3.05, 3.63) is 45.6 Å². The number of rotatable bonds is 10. The van der Waals surface area contributed by atoms with E-state index in [1.54, 1.807) is 23.5 Å². The molecule has 0 saturated carbocycles. The van der Waals surface area contributed by atoms with Gasteiger partial charge in [0, 0.05) is 35.8 Å². The summed E-state index contributed by atoms with van der Waals surface area (Å²) in [5.74, 6) is -0.0518. The van der Waals surface area contributed by atoms with Crippen molar-refractivity contribution in [3.63, 3.8) is 0 Å². The van der Waals surface area contributed by atoms with Crippen molar-refractivity contribution >= 4 is 33.1 Å².